The van der Waals surface area contributed by atoms with Crippen molar-refractivity contribution >= 4 is 22.4 Å². The van der Waals surface area contributed by atoms with E-state index in [1.165, 1.54) is 11.3 Å². The van der Waals surface area contributed by atoms with E-state index in [0.29, 0.717) is 31.1 Å². The Morgan fingerprint density at radius 1 is 1.62 bits per heavy atom. The number of aliphatic hydroxyl groups is 1. The highest BCUT2D eigenvalue weighted by atomic mass is 32.1. The summed E-state index contributed by atoms with van der Waals surface area (Å²) in [5.41, 5.74) is 5.66. The van der Waals surface area contributed by atoms with Crippen molar-refractivity contribution in [2.75, 3.05) is 39.5 Å². The summed E-state index contributed by atoms with van der Waals surface area (Å²) >= 11 is 1.39. The van der Waals surface area contributed by atoms with Crippen molar-refractivity contribution in [2.24, 2.45) is 0 Å². The smallest absolute Gasteiger partial charge is 0.223 e. The minimum atomic E-state index is -0.789. The quantitative estimate of drug-likeness (QED) is 0.831. The third kappa shape index (κ3) is 4.66. The molecule has 2 heterocycles. The zero-order valence-electron chi connectivity index (χ0n) is 12.7. The van der Waals surface area contributed by atoms with Gasteiger partial charge in [-0.1, -0.05) is 0 Å². The second-order valence-electron chi connectivity index (χ2n) is 6.06. The predicted molar refractivity (Wildman–Crippen MR) is 84.2 cm³/mol. The minimum Gasteiger partial charge on any atom is -0.387 e. The number of hydrogen-bond donors (Lipinski definition) is 2. The van der Waals surface area contributed by atoms with Crippen LogP contribution >= 0.6 is 11.3 Å². The van der Waals surface area contributed by atoms with Crippen molar-refractivity contribution in [2.45, 2.75) is 31.3 Å². The van der Waals surface area contributed by atoms with E-state index in [0.717, 1.165) is 25.1 Å². The van der Waals surface area contributed by atoms with Gasteiger partial charge in [-0.15, -0.1) is 11.3 Å². The number of thiazole rings is 1. The number of nitrogens with zero attached hydrogens (tertiary/aromatic N) is 3. The van der Waals surface area contributed by atoms with Gasteiger partial charge in [0.2, 0.25) is 5.91 Å². The van der Waals surface area contributed by atoms with E-state index < -0.39 is 5.60 Å². The zero-order valence-corrected chi connectivity index (χ0v) is 13.5. The second kappa shape index (κ2) is 6.72. The summed E-state index contributed by atoms with van der Waals surface area (Å²) in [6.07, 6.45) is 2.62. The number of rotatable bonds is 5. The topological polar surface area (TPSA) is 82.7 Å². The van der Waals surface area contributed by atoms with Gasteiger partial charge in [0, 0.05) is 24.9 Å². The molecule has 1 fully saturated rings. The largest absolute Gasteiger partial charge is 0.387 e. The third-order valence-corrected chi connectivity index (χ3v) is 4.41. The molecule has 7 heteroatoms. The Hall–Kier alpha value is -1.18. The monoisotopic (exact) mass is 312 g/mol. The van der Waals surface area contributed by atoms with E-state index in [1.807, 2.05) is 24.4 Å². The molecule has 1 aromatic rings. The molecule has 21 heavy (non-hydrogen) atoms. The van der Waals surface area contributed by atoms with Crippen LogP contribution < -0.4 is 5.73 Å². The Kier molecular flexibility index (Phi) is 5.18. The van der Waals surface area contributed by atoms with Gasteiger partial charge in [-0.25, -0.2) is 4.98 Å². The summed E-state index contributed by atoms with van der Waals surface area (Å²) in [5, 5.41) is 13.0. The van der Waals surface area contributed by atoms with Gasteiger partial charge >= 0.3 is 0 Å². The molecule has 0 spiro atoms. The van der Waals surface area contributed by atoms with E-state index >= 15 is 0 Å². The fraction of sp³-hybridized carbons (Fsp3) is 0.714. The predicted octanol–water partition coefficient (Wildman–Crippen LogP) is 0.573. The molecule has 6 nitrogen and oxygen atoms in total. The maximum absolute atomic E-state index is 12.3. The van der Waals surface area contributed by atoms with Crippen LogP contribution in [-0.2, 0) is 11.2 Å². The van der Waals surface area contributed by atoms with Gasteiger partial charge in [0.05, 0.1) is 17.8 Å². The fourth-order valence-corrected chi connectivity index (χ4v) is 3.47. The van der Waals surface area contributed by atoms with E-state index in [9.17, 15) is 9.90 Å². The summed E-state index contributed by atoms with van der Waals surface area (Å²) in [7, 11) is 3.87. The number of nitrogen functional groups attached to an aromatic ring is 1. The average Bonchev–Trinajstić information content (AvgIpc) is 2.80. The molecule has 3 N–H and O–H groups in total. The summed E-state index contributed by atoms with van der Waals surface area (Å²) in [5.74, 6) is 0.0819. The van der Waals surface area contributed by atoms with Crippen LogP contribution in [0.2, 0.25) is 0 Å². The van der Waals surface area contributed by atoms with E-state index in [2.05, 4.69) is 4.98 Å². The lowest BCUT2D eigenvalue weighted by Crippen LogP contribution is -2.54. The molecule has 1 atom stereocenters. The molecule has 0 unspecified atom stereocenters. The van der Waals surface area contributed by atoms with Gasteiger partial charge in [0.25, 0.3) is 0 Å². The number of amides is 1. The first-order chi connectivity index (χ1) is 9.88. The molecule has 1 aliphatic heterocycles. The van der Waals surface area contributed by atoms with Crippen LogP contribution in [0.3, 0.4) is 0 Å². The number of aryl methyl sites for hydroxylation is 1. The van der Waals surface area contributed by atoms with Gasteiger partial charge in [0.15, 0.2) is 5.13 Å². The Morgan fingerprint density at radius 3 is 3.00 bits per heavy atom. The normalized spacial score (nSPS) is 22.8. The lowest BCUT2D eigenvalue weighted by Gasteiger charge is -2.40. The lowest BCUT2D eigenvalue weighted by atomic mass is 9.92. The standard InChI is InChI=1S/C14H24N4O2S/c1-17(2)9-14(20)6-3-7-18(10-14)12(19)5-4-11-8-21-13(15)16-11/h8,20H,3-7,9-10H2,1-2H3,(H2,15,16)/t14-/m1/s1. The average molecular weight is 312 g/mol. The number of likely N-dealkylation sites (tertiary alicyclic amines) is 1. The molecular weight excluding hydrogens is 288 g/mol. The van der Waals surface area contributed by atoms with Crippen molar-refractivity contribution in [1.29, 1.82) is 0 Å². The van der Waals surface area contributed by atoms with Crippen molar-refractivity contribution in [3.63, 3.8) is 0 Å². The number of aromatic nitrogens is 1. The number of piperidine rings is 1. The maximum atomic E-state index is 12.3. The highest BCUT2D eigenvalue weighted by Crippen LogP contribution is 2.23. The molecule has 1 saturated heterocycles. The Morgan fingerprint density at radius 2 is 2.38 bits per heavy atom. The minimum absolute atomic E-state index is 0.0819. The van der Waals surface area contributed by atoms with Crippen LogP contribution in [0, 0.1) is 0 Å². The van der Waals surface area contributed by atoms with Crippen molar-refractivity contribution in [3.05, 3.63) is 11.1 Å². The van der Waals surface area contributed by atoms with Gasteiger partial charge < -0.3 is 20.6 Å². The van der Waals surface area contributed by atoms with Gasteiger partial charge in [-0.05, 0) is 33.4 Å². The number of anilines is 1. The molecule has 0 aromatic carbocycles. The Labute approximate surface area is 129 Å². The number of carbonyl (C=O) groups excluding carboxylic acids is 1. The van der Waals surface area contributed by atoms with Crippen LogP contribution in [0.1, 0.15) is 25.0 Å². The van der Waals surface area contributed by atoms with Crippen LogP contribution in [0.4, 0.5) is 5.13 Å². The number of hydrogen-bond acceptors (Lipinski definition) is 6. The summed E-state index contributed by atoms with van der Waals surface area (Å²) in [6.45, 7) is 1.73. The SMILES string of the molecule is CN(C)C[C@]1(O)CCCN(C(=O)CCc2csc(N)n2)C1. The van der Waals surface area contributed by atoms with Gasteiger partial charge in [-0.3, -0.25) is 4.79 Å². The second-order valence-corrected chi connectivity index (χ2v) is 6.95. The molecule has 1 aromatic heterocycles. The first-order valence-electron chi connectivity index (χ1n) is 7.23. The number of β-amino-alcohol motifs (C(OH)–C–C–N with tert-alkyl or cyclic N) is 1. The lowest BCUT2D eigenvalue weighted by molar-refractivity contribution is -0.139. The molecule has 1 aliphatic rings. The zero-order chi connectivity index (χ0) is 15.5. The maximum Gasteiger partial charge on any atom is 0.223 e. The van der Waals surface area contributed by atoms with Gasteiger partial charge in [0.1, 0.15) is 0 Å². The molecule has 118 valence electrons. The highest BCUT2D eigenvalue weighted by molar-refractivity contribution is 7.13. The van der Waals surface area contributed by atoms with Crippen LogP contribution in [0.25, 0.3) is 0 Å². The number of nitrogens with two attached hydrogens (primary N) is 1. The fourth-order valence-electron chi connectivity index (χ4n) is 2.87. The Bertz CT molecular complexity index is 491. The summed E-state index contributed by atoms with van der Waals surface area (Å²) in [6, 6.07) is 0. The summed E-state index contributed by atoms with van der Waals surface area (Å²) < 4.78 is 0. The molecular formula is C14H24N4O2S. The van der Waals surface area contributed by atoms with E-state index in [-0.39, 0.29) is 5.91 Å². The van der Waals surface area contributed by atoms with Crippen molar-refractivity contribution in [1.82, 2.24) is 14.8 Å². The molecule has 1 amide bonds. The van der Waals surface area contributed by atoms with Crippen LogP contribution in [0.5, 0.6) is 0 Å². The molecule has 0 aliphatic carbocycles. The first-order valence-corrected chi connectivity index (χ1v) is 8.11. The molecule has 0 saturated carbocycles. The van der Waals surface area contributed by atoms with E-state index in [1.54, 1.807) is 4.90 Å². The van der Waals surface area contributed by atoms with Gasteiger partial charge in [-0.2, -0.15) is 0 Å². The van der Waals surface area contributed by atoms with Crippen LogP contribution in [-0.4, -0.2) is 65.1 Å². The number of likely N-dealkylation sites (N-methyl/N-ethyl adjacent to an activating group) is 1. The van der Waals surface area contributed by atoms with Crippen molar-refractivity contribution in [3.8, 4) is 0 Å². The first kappa shape index (κ1) is 16.2. The number of carbonyl (C=O) groups is 1. The molecule has 0 radical (unpaired) electrons. The molecule has 0 bridgehead atoms. The molecule has 2 rings (SSSR count). The van der Waals surface area contributed by atoms with E-state index in [4.69, 9.17) is 5.73 Å². The summed E-state index contributed by atoms with van der Waals surface area (Å²) in [4.78, 5) is 20.2. The highest BCUT2D eigenvalue weighted by Gasteiger charge is 2.35. The van der Waals surface area contributed by atoms with Crippen molar-refractivity contribution < 1.29 is 9.90 Å². The third-order valence-electron chi connectivity index (χ3n) is 3.68. The van der Waals surface area contributed by atoms with Crippen LogP contribution in [0.15, 0.2) is 5.38 Å². The Balaban J connectivity index is 1.87.